The van der Waals surface area contributed by atoms with Gasteiger partial charge in [0.05, 0.1) is 25.0 Å². The van der Waals surface area contributed by atoms with Crippen molar-refractivity contribution < 1.29 is 18.7 Å². The molecule has 150 valence electrons. The van der Waals surface area contributed by atoms with Crippen LogP contribution in [0.5, 0.6) is 5.75 Å². The lowest BCUT2D eigenvalue weighted by Gasteiger charge is -2.05. The number of hydrogen-bond donors (Lipinski definition) is 2. The molecule has 0 saturated carbocycles. The maximum atomic E-state index is 13.2. The molecule has 0 aliphatic heterocycles. The van der Waals surface area contributed by atoms with Crippen molar-refractivity contribution in [2.75, 3.05) is 23.5 Å². The molecule has 1 aromatic heterocycles. The number of benzene rings is 2. The molecule has 0 aliphatic rings. The Kier molecular flexibility index (Phi) is 7.20. The van der Waals surface area contributed by atoms with E-state index < -0.39 is 5.82 Å². The van der Waals surface area contributed by atoms with Gasteiger partial charge in [-0.05, 0) is 42.5 Å². The Hall–Kier alpha value is -2.91. The standard InChI is InChI=1S/C20H18FN3O3S2/c1-27-17-7-5-14(6-8-17)22-19(26)12-29-20-24-16(11-28-20)10-18(25)23-15-4-2-3-13(21)9-15/h2-9,11H,10,12H2,1H3,(H,22,26)(H,23,25). The summed E-state index contributed by atoms with van der Waals surface area (Å²) in [6, 6.07) is 12.8. The summed E-state index contributed by atoms with van der Waals surface area (Å²) in [5.74, 6) is 0.0710. The van der Waals surface area contributed by atoms with Crippen LogP contribution in [-0.2, 0) is 16.0 Å². The SMILES string of the molecule is COc1ccc(NC(=O)CSc2nc(CC(=O)Nc3cccc(F)c3)cs2)cc1. The third-order valence-electron chi connectivity index (χ3n) is 3.68. The maximum Gasteiger partial charge on any atom is 0.234 e. The predicted molar refractivity (Wildman–Crippen MR) is 113 cm³/mol. The third kappa shape index (κ3) is 6.58. The van der Waals surface area contributed by atoms with Gasteiger partial charge in [0.1, 0.15) is 11.6 Å². The topological polar surface area (TPSA) is 80.3 Å². The molecular weight excluding hydrogens is 413 g/mol. The average Bonchev–Trinajstić information content (AvgIpc) is 3.14. The Bertz CT molecular complexity index is 993. The number of carbonyl (C=O) groups excluding carboxylic acids is 2. The van der Waals surface area contributed by atoms with Gasteiger partial charge >= 0.3 is 0 Å². The molecule has 2 amide bonds. The van der Waals surface area contributed by atoms with Gasteiger partial charge in [-0.1, -0.05) is 17.8 Å². The minimum atomic E-state index is -0.414. The summed E-state index contributed by atoms with van der Waals surface area (Å²) >= 11 is 2.67. The zero-order valence-corrected chi connectivity index (χ0v) is 17.1. The molecule has 2 aromatic carbocycles. The third-order valence-corrected chi connectivity index (χ3v) is 5.75. The van der Waals surface area contributed by atoms with E-state index in [1.807, 2.05) is 0 Å². The van der Waals surface area contributed by atoms with E-state index in [0.717, 1.165) is 0 Å². The monoisotopic (exact) mass is 431 g/mol. The lowest BCUT2D eigenvalue weighted by Crippen LogP contribution is -2.15. The summed E-state index contributed by atoms with van der Waals surface area (Å²) in [6.07, 6.45) is 0.0750. The number of halogens is 1. The van der Waals surface area contributed by atoms with Crippen LogP contribution in [0.2, 0.25) is 0 Å². The highest BCUT2D eigenvalue weighted by atomic mass is 32.2. The van der Waals surface area contributed by atoms with Crippen LogP contribution in [-0.4, -0.2) is 29.7 Å². The first-order valence-corrected chi connectivity index (χ1v) is 10.4. The fourth-order valence-corrected chi connectivity index (χ4v) is 4.02. The van der Waals surface area contributed by atoms with E-state index in [2.05, 4.69) is 15.6 Å². The number of thiazole rings is 1. The molecule has 0 aliphatic carbocycles. The Balaban J connectivity index is 1.45. The Labute approximate surface area is 175 Å². The molecule has 0 spiro atoms. The first-order valence-electron chi connectivity index (χ1n) is 8.58. The number of methoxy groups -OCH3 is 1. The second kappa shape index (κ2) is 10.0. The van der Waals surface area contributed by atoms with Gasteiger partial charge in [-0.2, -0.15) is 0 Å². The van der Waals surface area contributed by atoms with Gasteiger partial charge in [0.2, 0.25) is 11.8 Å². The van der Waals surface area contributed by atoms with Crippen LogP contribution in [0.3, 0.4) is 0 Å². The summed E-state index contributed by atoms with van der Waals surface area (Å²) in [7, 11) is 1.58. The van der Waals surface area contributed by atoms with E-state index in [4.69, 9.17) is 4.74 Å². The molecule has 3 rings (SSSR count). The van der Waals surface area contributed by atoms with Gasteiger partial charge in [0.15, 0.2) is 4.34 Å². The highest BCUT2D eigenvalue weighted by molar-refractivity contribution is 8.01. The Morgan fingerprint density at radius 3 is 2.59 bits per heavy atom. The zero-order valence-electron chi connectivity index (χ0n) is 15.5. The first-order chi connectivity index (χ1) is 14.0. The molecule has 3 aromatic rings. The van der Waals surface area contributed by atoms with Gasteiger partial charge in [-0.15, -0.1) is 11.3 Å². The number of hydrogen-bond acceptors (Lipinski definition) is 6. The van der Waals surface area contributed by atoms with Gasteiger partial charge in [-0.25, -0.2) is 9.37 Å². The molecule has 6 nitrogen and oxygen atoms in total. The van der Waals surface area contributed by atoms with Crippen LogP contribution in [0.25, 0.3) is 0 Å². The Morgan fingerprint density at radius 1 is 1.10 bits per heavy atom. The van der Waals surface area contributed by atoms with Crippen LogP contribution in [0, 0.1) is 5.82 Å². The van der Waals surface area contributed by atoms with Gasteiger partial charge in [0, 0.05) is 16.8 Å². The van der Waals surface area contributed by atoms with Crippen LogP contribution >= 0.6 is 23.1 Å². The summed E-state index contributed by atoms with van der Waals surface area (Å²) < 4.78 is 18.9. The largest absolute Gasteiger partial charge is 0.497 e. The van der Waals surface area contributed by atoms with Crippen molar-refractivity contribution in [2.24, 2.45) is 0 Å². The van der Waals surface area contributed by atoms with Crippen LogP contribution in [0.15, 0.2) is 58.3 Å². The van der Waals surface area contributed by atoms with E-state index in [0.29, 0.717) is 27.2 Å². The van der Waals surface area contributed by atoms with Crippen molar-refractivity contribution in [3.05, 3.63) is 65.4 Å². The first kappa shape index (κ1) is 20.8. The minimum absolute atomic E-state index is 0.0750. The van der Waals surface area contributed by atoms with E-state index in [1.165, 1.54) is 41.3 Å². The number of amides is 2. The number of ether oxygens (including phenoxy) is 1. The number of nitrogens with zero attached hydrogens (tertiary/aromatic N) is 1. The smallest absolute Gasteiger partial charge is 0.234 e. The summed E-state index contributed by atoms with van der Waals surface area (Å²) in [5, 5.41) is 7.21. The summed E-state index contributed by atoms with van der Waals surface area (Å²) in [4.78, 5) is 28.5. The molecule has 0 atom stereocenters. The molecule has 2 N–H and O–H groups in total. The highest BCUT2D eigenvalue weighted by Gasteiger charge is 2.11. The second-order valence-corrected chi connectivity index (χ2v) is 7.99. The molecule has 0 saturated heterocycles. The predicted octanol–water partition coefficient (Wildman–Crippen LogP) is 4.20. The second-order valence-electron chi connectivity index (χ2n) is 5.91. The number of nitrogens with one attached hydrogen (secondary N) is 2. The molecule has 0 fully saturated rings. The molecule has 0 unspecified atom stereocenters. The molecular formula is C20H18FN3O3S2. The van der Waals surface area contributed by atoms with E-state index >= 15 is 0 Å². The van der Waals surface area contributed by atoms with Crippen molar-refractivity contribution in [3.8, 4) is 5.75 Å². The van der Waals surface area contributed by atoms with Crippen LogP contribution in [0.4, 0.5) is 15.8 Å². The van der Waals surface area contributed by atoms with Gasteiger partial charge in [0.25, 0.3) is 0 Å². The fraction of sp³-hybridized carbons (Fsp3) is 0.150. The number of carbonyl (C=O) groups is 2. The number of thioether (sulfide) groups is 1. The van der Waals surface area contributed by atoms with E-state index in [9.17, 15) is 14.0 Å². The van der Waals surface area contributed by atoms with Gasteiger partial charge in [-0.3, -0.25) is 9.59 Å². The Morgan fingerprint density at radius 2 is 1.86 bits per heavy atom. The van der Waals surface area contributed by atoms with Gasteiger partial charge < -0.3 is 15.4 Å². The number of rotatable bonds is 8. The summed E-state index contributed by atoms with van der Waals surface area (Å²) in [5.41, 5.74) is 1.68. The van der Waals surface area contributed by atoms with E-state index in [1.54, 1.807) is 42.8 Å². The van der Waals surface area contributed by atoms with Crippen LogP contribution < -0.4 is 15.4 Å². The normalized spacial score (nSPS) is 10.4. The molecule has 29 heavy (non-hydrogen) atoms. The zero-order chi connectivity index (χ0) is 20.6. The number of aromatic nitrogens is 1. The maximum absolute atomic E-state index is 13.2. The average molecular weight is 432 g/mol. The fourth-order valence-electron chi connectivity index (χ4n) is 2.37. The van der Waals surface area contributed by atoms with Crippen molar-refractivity contribution >= 4 is 46.3 Å². The lowest BCUT2D eigenvalue weighted by atomic mass is 10.3. The van der Waals surface area contributed by atoms with Crippen LogP contribution in [0.1, 0.15) is 5.69 Å². The minimum Gasteiger partial charge on any atom is -0.497 e. The summed E-state index contributed by atoms with van der Waals surface area (Å²) in [6.45, 7) is 0. The number of anilines is 2. The van der Waals surface area contributed by atoms with Crippen molar-refractivity contribution in [1.29, 1.82) is 0 Å². The molecule has 0 radical (unpaired) electrons. The highest BCUT2D eigenvalue weighted by Crippen LogP contribution is 2.23. The molecule has 9 heteroatoms. The lowest BCUT2D eigenvalue weighted by molar-refractivity contribution is -0.116. The van der Waals surface area contributed by atoms with Crippen molar-refractivity contribution in [2.45, 2.75) is 10.8 Å². The quantitative estimate of drug-likeness (QED) is 0.523. The van der Waals surface area contributed by atoms with E-state index in [-0.39, 0.29) is 24.0 Å². The van der Waals surface area contributed by atoms with Crippen molar-refractivity contribution in [1.82, 2.24) is 4.98 Å². The molecule has 0 bridgehead atoms. The van der Waals surface area contributed by atoms with Crippen molar-refractivity contribution in [3.63, 3.8) is 0 Å². The molecule has 1 heterocycles.